The molecule has 0 aliphatic heterocycles. The number of hydrogen-bond acceptors (Lipinski definition) is 1. The van der Waals surface area contributed by atoms with Crippen molar-refractivity contribution in [1.29, 1.82) is 0 Å². The summed E-state index contributed by atoms with van der Waals surface area (Å²) in [5.74, 6) is 0.517. The topological polar surface area (TPSA) is 20.2 Å². The maximum Gasteiger partial charge on any atom is 0.0881 e. The van der Waals surface area contributed by atoms with Gasteiger partial charge in [-0.15, -0.1) is 0 Å². The van der Waals surface area contributed by atoms with Crippen LogP contribution in [0, 0.1) is 0 Å². The van der Waals surface area contributed by atoms with Crippen molar-refractivity contribution in [3.8, 4) is 0 Å². The number of hydrogen-bond donors (Lipinski definition) is 1. The quantitative estimate of drug-likeness (QED) is 0.842. The standard InChI is InChI=1S/C19H24O/c1-14(2)15-10-12-16(13-11-15)18(20)19(3,4)17-8-6-5-7-9-17/h5-14,18,20H,1-4H3. The van der Waals surface area contributed by atoms with Gasteiger partial charge in [0.25, 0.3) is 0 Å². The lowest BCUT2D eigenvalue weighted by molar-refractivity contribution is 0.100. The number of benzene rings is 2. The lowest BCUT2D eigenvalue weighted by Crippen LogP contribution is -2.26. The zero-order valence-corrected chi connectivity index (χ0v) is 12.8. The average Bonchev–Trinajstić information content (AvgIpc) is 2.47. The van der Waals surface area contributed by atoms with Gasteiger partial charge in [-0.1, -0.05) is 82.3 Å². The predicted octanol–water partition coefficient (Wildman–Crippen LogP) is 4.82. The van der Waals surface area contributed by atoms with Crippen LogP contribution in [-0.4, -0.2) is 5.11 Å². The molecule has 1 heteroatoms. The molecule has 20 heavy (non-hydrogen) atoms. The third-order valence-electron chi connectivity index (χ3n) is 4.12. The van der Waals surface area contributed by atoms with Crippen molar-refractivity contribution in [2.75, 3.05) is 0 Å². The molecule has 1 unspecified atom stereocenters. The monoisotopic (exact) mass is 268 g/mol. The lowest BCUT2D eigenvalue weighted by Gasteiger charge is -2.31. The third kappa shape index (κ3) is 2.94. The fourth-order valence-corrected chi connectivity index (χ4v) is 2.51. The van der Waals surface area contributed by atoms with Crippen molar-refractivity contribution in [2.45, 2.75) is 45.1 Å². The van der Waals surface area contributed by atoms with E-state index in [-0.39, 0.29) is 5.41 Å². The summed E-state index contributed by atoms with van der Waals surface area (Å²) in [6.45, 7) is 8.53. The minimum absolute atomic E-state index is 0.305. The highest BCUT2D eigenvalue weighted by Crippen LogP contribution is 2.36. The maximum atomic E-state index is 10.7. The van der Waals surface area contributed by atoms with Gasteiger partial charge in [-0.3, -0.25) is 0 Å². The Balaban J connectivity index is 2.28. The lowest BCUT2D eigenvalue weighted by atomic mass is 9.76. The molecule has 0 saturated heterocycles. The Kier molecular flexibility index (Phi) is 4.29. The van der Waals surface area contributed by atoms with Gasteiger partial charge in [-0.2, -0.15) is 0 Å². The van der Waals surface area contributed by atoms with Crippen LogP contribution in [0.2, 0.25) is 0 Å². The first-order valence-corrected chi connectivity index (χ1v) is 7.26. The van der Waals surface area contributed by atoms with Gasteiger partial charge in [0, 0.05) is 5.41 Å². The molecule has 1 N–H and O–H groups in total. The SMILES string of the molecule is CC(C)c1ccc(C(O)C(C)(C)c2ccccc2)cc1. The first-order chi connectivity index (χ1) is 9.43. The summed E-state index contributed by atoms with van der Waals surface area (Å²) in [6, 6.07) is 18.5. The highest BCUT2D eigenvalue weighted by Gasteiger charge is 2.30. The maximum absolute atomic E-state index is 10.7. The summed E-state index contributed by atoms with van der Waals surface area (Å²) in [4.78, 5) is 0. The van der Waals surface area contributed by atoms with Crippen molar-refractivity contribution in [2.24, 2.45) is 0 Å². The molecule has 2 rings (SSSR count). The van der Waals surface area contributed by atoms with Gasteiger partial charge < -0.3 is 5.11 Å². The molecule has 0 heterocycles. The molecule has 1 atom stereocenters. The van der Waals surface area contributed by atoms with E-state index in [1.807, 2.05) is 30.3 Å². The second-order valence-electron chi connectivity index (χ2n) is 6.31. The predicted molar refractivity (Wildman–Crippen MR) is 85.0 cm³/mol. The van der Waals surface area contributed by atoms with Gasteiger partial charge in [0.05, 0.1) is 6.10 Å². The molecule has 0 fully saturated rings. The molecule has 0 saturated carbocycles. The smallest absolute Gasteiger partial charge is 0.0881 e. The molecule has 0 radical (unpaired) electrons. The van der Waals surface area contributed by atoms with Crippen molar-refractivity contribution in [3.63, 3.8) is 0 Å². The van der Waals surface area contributed by atoms with Gasteiger partial charge in [-0.05, 0) is 22.6 Å². The zero-order chi connectivity index (χ0) is 14.8. The molecule has 0 aromatic heterocycles. The molecule has 0 aliphatic carbocycles. The molecule has 2 aromatic carbocycles. The largest absolute Gasteiger partial charge is 0.388 e. The number of rotatable bonds is 4. The first kappa shape index (κ1) is 14.8. The Bertz CT molecular complexity index is 538. The van der Waals surface area contributed by atoms with Crippen LogP contribution < -0.4 is 0 Å². The Morgan fingerprint density at radius 3 is 1.80 bits per heavy atom. The van der Waals surface area contributed by atoms with E-state index in [0.29, 0.717) is 5.92 Å². The van der Waals surface area contributed by atoms with E-state index in [0.717, 1.165) is 11.1 Å². The Morgan fingerprint density at radius 2 is 1.30 bits per heavy atom. The summed E-state index contributed by atoms with van der Waals surface area (Å²) in [7, 11) is 0. The van der Waals surface area contributed by atoms with Crippen LogP contribution in [0.15, 0.2) is 54.6 Å². The first-order valence-electron chi connectivity index (χ1n) is 7.26. The Hall–Kier alpha value is -1.60. The van der Waals surface area contributed by atoms with Crippen LogP contribution >= 0.6 is 0 Å². The molecule has 0 spiro atoms. The van der Waals surface area contributed by atoms with Crippen molar-refractivity contribution in [3.05, 3.63) is 71.3 Å². The van der Waals surface area contributed by atoms with E-state index in [2.05, 4.69) is 52.0 Å². The molecular formula is C19H24O. The van der Waals surface area contributed by atoms with E-state index >= 15 is 0 Å². The molecule has 1 nitrogen and oxygen atoms in total. The highest BCUT2D eigenvalue weighted by molar-refractivity contribution is 5.32. The highest BCUT2D eigenvalue weighted by atomic mass is 16.3. The summed E-state index contributed by atoms with van der Waals surface area (Å²) in [5.41, 5.74) is 3.13. The van der Waals surface area contributed by atoms with Crippen LogP contribution in [-0.2, 0) is 5.41 Å². The van der Waals surface area contributed by atoms with E-state index in [1.54, 1.807) is 0 Å². The molecule has 106 valence electrons. The molecular weight excluding hydrogens is 244 g/mol. The van der Waals surface area contributed by atoms with Crippen LogP contribution in [0.1, 0.15) is 56.4 Å². The van der Waals surface area contributed by atoms with Gasteiger partial charge in [0.2, 0.25) is 0 Å². The van der Waals surface area contributed by atoms with Crippen molar-refractivity contribution in [1.82, 2.24) is 0 Å². The number of aliphatic hydroxyl groups is 1. The van der Waals surface area contributed by atoms with Crippen molar-refractivity contribution < 1.29 is 5.11 Å². The third-order valence-corrected chi connectivity index (χ3v) is 4.12. The van der Waals surface area contributed by atoms with Crippen LogP contribution in [0.5, 0.6) is 0 Å². The molecule has 0 bridgehead atoms. The van der Waals surface area contributed by atoms with Gasteiger partial charge >= 0.3 is 0 Å². The Labute approximate surface area is 122 Å². The fourth-order valence-electron chi connectivity index (χ4n) is 2.51. The van der Waals surface area contributed by atoms with Gasteiger partial charge in [0.15, 0.2) is 0 Å². The molecule has 0 amide bonds. The van der Waals surface area contributed by atoms with Crippen LogP contribution in [0.4, 0.5) is 0 Å². The van der Waals surface area contributed by atoms with Gasteiger partial charge in [0.1, 0.15) is 0 Å². The van der Waals surface area contributed by atoms with Gasteiger partial charge in [-0.25, -0.2) is 0 Å². The minimum atomic E-state index is -0.508. The average molecular weight is 268 g/mol. The minimum Gasteiger partial charge on any atom is -0.388 e. The summed E-state index contributed by atoms with van der Waals surface area (Å²) in [6.07, 6.45) is -0.508. The summed E-state index contributed by atoms with van der Waals surface area (Å²) < 4.78 is 0. The van der Waals surface area contributed by atoms with Crippen molar-refractivity contribution >= 4 is 0 Å². The number of aliphatic hydroxyl groups excluding tert-OH is 1. The van der Waals surface area contributed by atoms with E-state index < -0.39 is 6.10 Å². The fraction of sp³-hybridized carbons (Fsp3) is 0.368. The second-order valence-corrected chi connectivity index (χ2v) is 6.31. The van der Waals surface area contributed by atoms with Crippen LogP contribution in [0.25, 0.3) is 0 Å². The molecule has 2 aromatic rings. The van der Waals surface area contributed by atoms with Crippen LogP contribution in [0.3, 0.4) is 0 Å². The normalized spacial score (nSPS) is 13.5. The molecule has 0 aliphatic rings. The van der Waals surface area contributed by atoms with E-state index in [4.69, 9.17) is 0 Å². The van der Waals surface area contributed by atoms with E-state index in [1.165, 1.54) is 5.56 Å². The Morgan fingerprint density at radius 1 is 0.800 bits per heavy atom. The summed E-state index contributed by atoms with van der Waals surface area (Å²) in [5, 5.41) is 10.7. The zero-order valence-electron chi connectivity index (χ0n) is 12.8. The summed E-state index contributed by atoms with van der Waals surface area (Å²) >= 11 is 0. The second kappa shape index (κ2) is 5.80. The van der Waals surface area contributed by atoms with E-state index in [9.17, 15) is 5.11 Å².